The average Bonchev–Trinajstić information content (AvgIpc) is 2.75. The molecular formula is C23H28N2O4. The van der Waals surface area contributed by atoms with Crippen LogP contribution in [-0.4, -0.2) is 43.0 Å². The van der Waals surface area contributed by atoms with Gasteiger partial charge in [-0.25, -0.2) is 0 Å². The molecule has 29 heavy (non-hydrogen) atoms. The van der Waals surface area contributed by atoms with Gasteiger partial charge in [-0.3, -0.25) is 9.59 Å². The lowest BCUT2D eigenvalue weighted by molar-refractivity contribution is -0.130. The highest BCUT2D eigenvalue weighted by Gasteiger charge is 2.23. The molecule has 1 N–H and O–H groups in total. The molecule has 6 heteroatoms. The second-order valence-electron chi connectivity index (χ2n) is 7.29. The first-order chi connectivity index (χ1) is 14.0. The van der Waals surface area contributed by atoms with E-state index in [4.69, 9.17) is 9.47 Å². The highest BCUT2D eigenvalue weighted by Crippen LogP contribution is 2.31. The first kappa shape index (κ1) is 20.7. The third-order valence-electron chi connectivity index (χ3n) is 5.25. The summed E-state index contributed by atoms with van der Waals surface area (Å²) >= 11 is 0. The maximum absolute atomic E-state index is 12.7. The zero-order valence-electron chi connectivity index (χ0n) is 17.2. The van der Waals surface area contributed by atoms with E-state index in [1.54, 1.807) is 32.2 Å². The minimum atomic E-state index is -0.166. The maximum atomic E-state index is 12.7. The molecule has 1 aliphatic heterocycles. The Kier molecular flexibility index (Phi) is 6.75. The molecule has 1 fully saturated rings. The maximum Gasteiger partial charge on any atom is 0.251 e. The number of likely N-dealkylation sites (tertiary alicyclic amines) is 1. The van der Waals surface area contributed by atoms with Crippen molar-refractivity contribution in [3.05, 3.63) is 59.7 Å². The Morgan fingerprint density at radius 2 is 1.76 bits per heavy atom. The smallest absolute Gasteiger partial charge is 0.251 e. The molecule has 6 nitrogen and oxygen atoms in total. The lowest BCUT2D eigenvalue weighted by Gasteiger charge is -2.31. The summed E-state index contributed by atoms with van der Waals surface area (Å²) in [6, 6.07) is 15.0. The number of nitrogens with one attached hydrogen (secondary N) is 1. The molecule has 0 spiro atoms. The van der Waals surface area contributed by atoms with Gasteiger partial charge in [0.25, 0.3) is 5.91 Å². The fourth-order valence-corrected chi connectivity index (χ4v) is 3.48. The fourth-order valence-electron chi connectivity index (χ4n) is 3.48. The molecule has 3 rings (SSSR count). The van der Waals surface area contributed by atoms with Gasteiger partial charge in [-0.1, -0.05) is 30.3 Å². The summed E-state index contributed by atoms with van der Waals surface area (Å²) in [7, 11) is 1.56. The Morgan fingerprint density at radius 3 is 2.38 bits per heavy atom. The zero-order chi connectivity index (χ0) is 20.8. The number of rotatable bonds is 6. The normalized spacial score (nSPS) is 15.5. The van der Waals surface area contributed by atoms with Crippen LogP contribution in [0.4, 0.5) is 0 Å². The van der Waals surface area contributed by atoms with E-state index in [0.29, 0.717) is 30.2 Å². The molecule has 0 aliphatic carbocycles. The van der Waals surface area contributed by atoms with Crippen LogP contribution in [0.2, 0.25) is 0 Å². The lowest BCUT2D eigenvalue weighted by atomic mass is 10.1. The van der Waals surface area contributed by atoms with Gasteiger partial charge < -0.3 is 19.7 Å². The van der Waals surface area contributed by atoms with Crippen LogP contribution in [0.25, 0.3) is 0 Å². The van der Waals surface area contributed by atoms with Crippen LogP contribution in [0.1, 0.15) is 48.7 Å². The molecule has 2 aromatic rings. The topological polar surface area (TPSA) is 67.9 Å². The number of carbonyl (C=O) groups is 2. The number of methoxy groups -OCH3 is 1. The number of nitrogens with zero attached hydrogens (tertiary/aromatic N) is 1. The van der Waals surface area contributed by atoms with Gasteiger partial charge in [0, 0.05) is 38.4 Å². The van der Waals surface area contributed by atoms with Crippen molar-refractivity contribution < 1.29 is 19.1 Å². The minimum Gasteiger partial charge on any atom is -0.493 e. The van der Waals surface area contributed by atoms with Crippen LogP contribution in [0.3, 0.4) is 0 Å². The van der Waals surface area contributed by atoms with Gasteiger partial charge in [0.2, 0.25) is 5.91 Å². The number of carbonyl (C=O) groups excluding carboxylic acids is 2. The van der Waals surface area contributed by atoms with Gasteiger partial charge in [0.05, 0.1) is 13.2 Å². The third-order valence-corrected chi connectivity index (χ3v) is 5.25. The van der Waals surface area contributed by atoms with E-state index in [0.717, 1.165) is 18.4 Å². The van der Waals surface area contributed by atoms with Crippen LogP contribution < -0.4 is 14.8 Å². The first-order valence-electron chi connectivity index (χ1n) is 9.94. The molecule has 1 aliphatic rings. The Hall–Kier alpha value is -3.02. The number of amides is 2. The summed E-state index contributed by atoms with van der Waals surface area (Å²) in [6.45, 7) is 4.93. The molecular weight excluding hydrogens is 368 g/mol. The van der Waals surface area contributed by atoms with Crippen LogP contribution >= 0.6 is 0 Å². The molecule has 154 valence electrons. The second-order valence-corrected chi connectivity index (χ2v) is 7.29. The molecule has 0 bridgehead atoms. The Bertz CT molecular complexity index is 845. The number of hydrogen-bond donors (Lipinski definition) is 1. The summed E-state index contributed by atoms with van der Waals surface area (Å²) in [6.07, 6.45) is 1.58. The lowest BCUT2D eigenvalue weighted by Crippen LogP contribution is -2.40. The van der Waals surface area contributed by atoms with Gasteiger partial charge in [0.15, 0.2) is 11.5 Å². The largest absolute Gasteiger partial charge is 0.493 e. The Balaban J connectivity index is 1.64. The van der Waals surface area contributed by atoms with E-state index < -0.39 is 0 Å². The number of piperidine rings is 1. The standard InChI is InChI=1S/C23H28N2O4/c1-16(18-7-5-4-6-8-18)24-23(27)19-9-10-21(22(15-19)28-3)29-20-11-13-25(14-12-20)17(2)26/h4-10,15-16,20H,11-14H2,1-3H3,(H,24,27)/t16-/m1/s1. The summed E-state index contributed by atoms with van der Waals surface area (Å²) < 4.78 is 11.6. The van der Waals surface area contributed by atoms with Crippen molar-refractivity contribution in [1.82, 2.24) is 10.2 Å². The quantitative estimate of drug-likeness (QED) is 0.810. The van der Waals surface area contributed by atoms with Crippen LogP contribution in [0, 0.1) is 0 Å². The average molecular weight is 396 g/mol. The summed E-state index contributed by atoms with van der Waals surface area (Å²) in [5.74, 6) is 1.07. The molecule has 1 heterocycles. The Labute approximate surface area is 171 Å². The van der Waals surface area contributed by atoms with E-state index in [1.807, 2.05) is 42.2 Å². The first-order valence-corrected chi connectivity index (χ1v) is 9.94. The van der Waals surface area contributed by atoms with E-state index in [9.17, 15) is 9.59 Å². The van der Waals surface area contributed by atoms with Crippen molar-refractivity contribution in [3.8, 4) is 11.5 Å². The second kappa shape index (κ2) is 9.45. The monoisotopic (exact) mass is 396 g/mol. The number of hydrogen-bond acceptors (Lipinski definition) is 4. The van der Waals surface area contributed by atoms with Gasteiger partial charge in [-0.2, -0.15) is 0 Å². The molecule has 1 atom stereocenters. The van der Waals surface area contributed by atoms with Crippen LogP contribution in [0.15, 0.2) is 48.5 Å². The van der Waals surface area contributed by atoms with Crippen molar-refractivity contribution in [3.63, 3.8) is 0 Å². The fraction of sp³-hybridized carbons (Fsp3) is 0.391. The van der Waals surface area contributed by atoms with Gasteiger partial charge in [-0.15, -0.1) is 0 Å². The number of ether oxygens (including phenoxy) is 2. The summed E-state index contributed by atoms with van der Waals surface area (Å²) in [4.78, 5) is 25.9. The van der Waals surface area contributed by atoms with Crippen molar-refractivity contribution in [2.45, 2.75) is 38.8 Å². The molecule has 1 saturated heterocycles. The van der Waals surface area contributed by atoms with Gasteiger partial charge in [-0.05, 0) is 30.7 Å². The van der Waals surface area contributed by atoms with Gasteiger partial charge in [0.1, 0.15) is 6.10 Å². The zero-order valence-corrected chi connectivity index (χ0v) is 17.2. The summed E-state index contributed by atoms with van der Waals surface area (Å²) in [5, 5.41) is 3.01. The predicted molar refractivity (Wildman–Crippen MR) is 111 cm³/mol. The minimum absolute atomic E-state index is 0.0253. The van der Waals surface area contributed by atoms with Crippen molar-refractivity contribution >= 4 is 11.8 Å². The molecule has 2 aromatic carbocycles. The van der Waals surface area contributed by atoms with Gasteiger partial charge >= 0.3 is 0 Å². The highest BCUT2D eigenvalue weighted by molar-refractivity contribution is 5.95. The van der Waals surface area contributed by atoms with Crippen molar-refractivity contribution in [2.75, 3.05) is 20.2 Å². The van der Waals surface area contributed by atoms with E-state index in [-0.39, 0.29) is 24.0 Å². The van der Waals surface area contributed by atoms with Crippen molar-refractivity contribution in [2.24, 2.45) is 0 Å². The molecule has 0 unspecified atom stereocenters. The predicted octanol–water partition coefficient (Wildman–Crippen LogP) is 3.58. The molecule has 0 aromatic heterocycles. The van der Waals surface area contributed by atoms with E-state index in [1.165, 1.54) is 0 Å². The Morgan fingerprint density at radius 1 is 1.07 bits per heavy atom. The van der Waals surface area contributed by atoms with E-state index in [2.05, 4.69) is 5.32 Å². The highest BCUT2D eigenvalue weighted by atomic mass is 16.5. The SMILES string of the molecule is COc1cc(C(=O)N[C@H](C)c2ccccc2)ccc1OC1CCN(C(C)=O)CC1. The molecule has 0 saturated carbocycles. The third kappa shape index (κ3) is 5.28. The molecule has 0 radical (unpaired) electrons. The molecule has 2 amide bonds. The van der Waals surface area contributed by atoms with Crippen LogP contribution in [0.5, 0.6) is 11.5 Å². The van der Waals surface area contributed by atoms with E-state index >= 15 is 0 Å². The summed E-state index contributed by atoms with van der Waals surface area (Å²) in [5.41, 5.74) is 1.56. The van der Waals surface area contributed by atoms with Crippen molar-refractivity contribution in [1.29, 1.82) is 0 Å². The van der Waals surface area contributed by atoms with Crippen LogP contribution in [-0.2, 0) is 4.79 Å². The number of benzene rings is 2.